The minimum Gasteiger partial charge on any atom is -0.461 e. The summed E-state index contributed by atoms with van der Waals surface area (Å²) < 4.78 is 59.0. The summed E-state index contributed by atoms with van der Waals surface area (Å²) in [5, 5.41) is 0. The van der Waals surface area contributed by atoms with E-state index in [4.69, 9.17) is 4.74 Å². The first-order chi connectivity index (χ1) is 9.68. The molecule has 0 aliphatic rings. The van der Waals surface area contributed by atoms with Crippen LogP contribution in [0.25, 0.3) is 0 Å². The fraction of sp³-hybridized carbons (Fsp3) is 0.533. The number of halogens is 4. The molecule has 118 valence electrons. The third-order valence-electron chi connectivity index (χ3n) is 3.95. The zero-order valence-electron chi connectivity index (χ0n) is 12.4. The molecule has 2 nitrogen and oxygen atoms in total. The molecule has 0 amide bonds. The Morgan fingerprint density at radius 3 is 1.81 bits per heavy atom. The number of rotatable bonds is 5. The molecule has 0 aromatic heterocycles. The predicted octanol–water partition coefficient (Wildman–Crippen LogP) is 4.53. The van der Waals surface area contributed by atoms with Gasteiger partial charge < -0.3 is 4.74 Å². The second-order valence-electron chi connectivity index (χ2n) is 5.35. The normalized spacial score (nSPS) is 11.6. The highest BCUT2D eigenvalue weighted by Crippen LogP contribution is 2.28. The second kappa shape index (κ2) is 6.45. The lowest BCUT2D eigenvalue weighted by atomic mass is 9.86. The van der Waals surface area contributed by atoms with Gasteiger partial charge in [0.15, 0.2) is 23.3 Å². The maximum Gasteiger partial charge on any atom is 0.344 e. The number of carbonyl (C=O) groups excluding carboxylic acids is 1. The van der Waals surface area contributed by atoms with Crippen LogP contribution in [-0.2, 0) is 4.74 Å². The Hall–Kier alpha value is -1.59. The molecule has 6 heteroatoms. The van der Waals surface area contributed by atoms with Gasteiger partial charge in [-0.1, -0.05) is 20.8 Å². The molecule has 0 spiro atoms. The fourth-order valence-electron chi connectivity index (χ4n) is 1.69. The Balaban J connectivity index is 3.10. The van der Waals surface area contributed by atoms with Gasteiger partial charge in [0, 0.05) is 11.0 Å². The Morgan fingerprint density at radius 2 is 1.43 bits per heavy atom. The second-order valence-corrected chi connectivity index (χ2v) is 5.35. The summed E-state index contributed by atoms with van der Waals surface area (Å²) in [4.78, 5) is 11.7. The number of benzene rings is 1. The first-order valence-electron chi connectivity index (χ1n) is 6.68. The van der Waals surface area contributed by atoms with Gasteiger partial charge in [0.2, 0.25) is 0 Å². The lowest BCUT2D eigenvalue weighted by Gasteiger charge is -2.25. The van der Waals surface area contributed by atoms with Gasteiger partial charge in [0.05, 0.1) is 6.61 Å². The third-order valence-corrected chi connectivity index (χ3v) is 3.95. The molecule has 0 aliphatic carbocycles. The highest BCUT2D eigenvalue weighted by Gasteiger charge is 2.30. The molecule has 1 aromatic carbocycles. The van der Waals surface area contributed by atoms with Crippen LogP contribution >= 0.6 is 0 Å². The van der Waals surface area contributed by atoms with Gasteiger partial charge in [-0.25, -0.2) is 22.4 Å². The number of carbonyl (C=O) groups is 1. The summed E-state index contributed by atoms with van der Waals surface area (Å²) in [5.41, 5.74) is -2.50. The van der Waals surface area contributed by atoms with Gasteiger partial charge in [-0.3, -0.25) is 0 Å². The Bertz CT molecular complexity index is 522. The van der Waals surface area contributed by atoms with Gasteiger partial charge in [-0.15, -0.1) is 0 Å². The summed E-state index contributed by atoms with van der Waals surface area (Å²) in [6.07, 6.45) is 1.36. The van der Waals surface area contributed by atoms with Crippen LogP contribution in [0.2, 0.25) is 0 Å². The highest BCUT2D eigenvalue weighted by atomic mass is 19.2. The molecule has 0 bridgehead atoms. The van der Waals surface area contributed by atoms with E-state index in [9.17, 15) is 22.4 Å². The van der Waals surface area contributed by atoms with Crippen LogP contribution in [0.5, 0.6) is 0 Å². The number of hydrogen-bond donors (Lipinski definition) is 0. The Labute approximate surface area is 121 Å². The maximum absolute atomic E-state index is 13.7. The molecule has 1 aromatic rings. The average Bonchev–Trinajstić information content (AvgIpc) is 2.48. The first-order valence-corrected chi connectivity index (χ1v) is 6.68. The van der Waals surface area contributed by atoms with Crippen LogP contribution in [0, 0.1) is 35.6 Å². The molecule has 0 fully saturated rings. The van der Waals surface area contributed by atoms with Crippen LogP contribution in [-0.4, -0.2) is 12.6 Å². The number of esters is 1. The molecule has 0 aliphatic heterocycles. The zero-order chi connectivity index (χ0) is 16.4. The minimum absolute atomic E-state index is 0.0885. The van der Waals surface area contributed by atoms with Gasteiger partial charge in [0.1, 0.15) is 5.56 Å². The van der Waals surface area contributed by atoms with E-state index in [0.717, 1.165) is 6.92 Å². The molecule has 0 heterocycles. The van der Waals surface area contributed by atoms with Crippen molar-refractivity contribution in [3.63, 3.8) is 0 Å². The van der Waals surface area contributed by atoms with Gasteiger partial charge in [0.25, 0.3) is 0 Å². The maximum atomic E-state index is 13.7. The van der Waals surface area contributed by atoms with Crippen LogP contribution in [0.3, 0.4) is 0 Å². The van der Waals surface area contributed by atoms with Crippen molar-refractivity contribution in [1.82, 2.24) is 0 Å². The summed E-state index contributed by atoms with van der Waals surface area (Å²) in [6, 6.07) is 0. The SMILES string of the molecule is CCC(C)(CC)COC(=O)c1c(F)c(F)c(C)c(F)c1F. The smallest absolute Gasteiger partial charge is 0.344 e. The van der Waals surface area contributed by atoms with E-state index >= 15 is 0 Å². The van der Waals surface area contributed by atoms with Crippen molar-refractivity contribution < 1.29 is 27.1 Å². The standard InChI is InChI=1S/C15H18F4O2/c1-5-15(4,6-2)7-21-14(20)9-12(18)10(16)8(3)11(17)13(9)19/h5-7H2,1-4H3. The zero-order valence-corrected chi connectivity index (χ0v) is 12.4. The lowest BCUT2D eigenvalue weighted by Crippen LogP contribution is -2.25. The molecule has 0 unspecified atom stereocenters. The molecule has 0 saturated heterocycles. The first kappa shape index (κ1) is 17.5. The van der Waals surface area contributed by atoms with E-state index in [-0.39, 0.29) is 12.0 Å². The lowest BCUT2D eigenvalue weighted by molar-refractivity contribution is 0.0283. The largest absolute Gasteiger partial charge is 0.461 e. The van der Waals surface area contributed by atoms with E-state index in [1.165, 1.54) is 0 Å². The third kappa shape index (κ3) is 3.36. The number of ether oxygens (including phenoxy) is 1. The van der Waals surface area contributed by atoms with E-state index in [0.29, 0.717) is 12.8 Å². The van der Waals surface area contributed by atoms with Crippen LogP contribution < -0.4 is 0 Å². The minimum atomic E-state index is -1.73. The summed E-state index contributed by atoms with van der Waals surface area (Å²) in [6.45, 7) is 6.39. The topological polar surface area (TPSA) is 26.3 Å². The van der Waals surface area contributed by atoms with E-state index in [1.807, 2.05) is 20.8 Å². The van der Waals surface area contributed by atoms with E-state index in [1.54, 1.807) is 0 Å². The molecular weight excluding hydrogens is 288 g/mol. The van der Waals surface area contributed by atoms with Crippen molar-refractivity contribution in [2.45, 2.75) is 40.5 Å². The molecule has 0 radical (unpaired) electrons. The number of hydrogen-bond acceptors (Lipinski definition) is 2. The predicted molar refractivity (Wildman–Crippen MR) is 70.0 cm³/mol. The Morgan fingerprint density at radius 1 is 1.00 bits per heavy atom. The quantitative estimate of drug-likeness (QED) is 0.454. The van der Waals surface area contributed by atoms with Crippen molar-refractivity contribution >= 4 is 5.97 Å². The van der Waals surface area contributed by atoms with Crippen molar-refractivity contribution in [2.75, 3.05) is 6.61 Å². The van der Waals surface area contributed by atoms with Gasteiger partial charge in [-0.05, 0) is 19.8 Å². The molecular formula is C15H18F4O2. The van der Waals surface area contributed by atoms with Crippen molar-refractivity contribution in [2.24, 2.45) is 5.41 Å². The van der Waals surface area contributed by atoms with Crippen LogP contribution in [0.4, 0.5) is 17.6 Å². The molecule has 1 rings (SSSR count). The molecule has 0 saturated carbocycles. The fourth-order valence-corrected chi connectivity index (χ4v) is 1.69. The van der Waals surface area contributed by atoms with Gasteiger partial charge in [-0.2, -0.15) is 0 Å². The summed E-state index contributed by atoms with van der Waals surface area (Å²) >= 11 is 0. The van der Waals surface area contributed by atoms with Crippen LogP contribution in [0.1, 0.15) is 49.5 Å². The highest BCUT2D eigenvalue weighted by molar-refractivity contribution is 5.90. The molecule has 0 atom stereocenters. The molecule has 0 N–H and O–H groups in total. The van der Waals surface area contributed by atoms with Crippen LogP contribution in [0.15, 0.2) is 0 Å². The van der Waals surface area contributed by atoms with Crippen molar-refractivity contribution in [1.29, 1.82) is 0 Å². The summed E-state index contributed by atoms with van der Waals surface area (Å²) in [5.74, 6) is -8.04. The Kier molecular flexibility index (Phi) is 5.36. The van der Waals surface area contributed by atoms with E-state index < -0.39 is 40.4 Å². The summed E-state index contributed by atoms with van der Waals surface area (Å²) in [7, 11) is 0. The van der Waals surface area contributed by atoms with Gasteiger partial charge >= 0.3 is 5.97 Å². The van der Waals surface area contributed by atoms with Crippen molar-refractivity contribution in [3.05, 3.63) is 34.4 Å². The molecule has 21 heavy (non-hydrogen) atoms. The van der Waals surface area contributed by atoms with E-state index in [2.05, 4.69) is 0 Å². The average molecular weight is 306 g/mol. The van der Waals surface area contributed by atoms with Crippen molar-refractivity contribution in [3.8, 4) is 0 Å². The monoisotopic (exact) mass is 306 g/mol.